The fourth-order valence-electron chi connectivity index (χ4n) is 2.60. The molecule has 1 amide bonds. The normalized spacial score (nSPS) is 33.3. The number of carbonyl (C=O) groups excluding carboxylic acids is 1. The summed E-state index contributed by atoms with van der Waals surface area (Å²) in [6.07, 6.45) is 5.65. The predicted molar refractivity (Wildman–Crippen MR) is 62.6 cm³/mol. The second-order valence-corrected chi connectivity index (χ2v) is 5.47. The molecular formula is C13H21NO3. The highest BCUT2D eigenvalue weighted by Gasteiger charge is 2.34. The third-order valence-electron chi connectivity index (χ3n) is 3.93. The average Bonchev–Trinajstić information content (AvgIpc) is 2.86. The zero-order valence-electron chi connectivity index (χ0n) is 10.3. The number of hydrogen-bond donors (Lipinski definition) is 0. The molecule has 0 aromatic heterocycles. The molecule has 2 aliphatic heterocycles. The molecule has 0 aromatic rings. The van der Waals surface area contributed by atoms with E-state index in [1.54, 1.807) is 0 Å². The van der Waals surface area contributed by atoms with Gasteiger partial charge in [0, 0.05) is 26.3 Å². The van der Waals surface area contributed by atoms with Crippen molar-refractivity contribution in [2.75, 3.05) is 26.3 Å². The highest BCUT2D eigenvalue weighted by Crippen LogP contribution is 2.30. The zero-order chi connectivity index (χ0) is 11.7. The number of amides is 1. The lowest BCUT2D eigenvalue weighted by atomic mass is 10.2. The Bertz CT molecular complexity index is 284. The molecule has 0 unspecified atom stereocenters. The summed E-state index contributed by atoms with van der Waals surface area (Å²) in [6.45, 7) is 3.25. The lowest BCUT2D eigenvalue weighted by molar-refractivity contribution is -0.140. The number of rotatable bonds is 4. The van der Waals surface area contributed by atoms with E-state index in [4.69, 9.17) is 9.47 Å². The molecule has 4 nitrogen and oxygen atoms in total. The van der Waals surface area contributed by atoms with Crippen LogP contribution in [0.1, 0.15) is 32.1 Å². The van der Waals surface area contributed by atoms with Crippen molar-refractivity contribution in [1.29, 1.82) is 0 Å². The summed E-state index contributed by atoms with van der Waals surface area (Å²) in [5.74, 6) is 0.984. The maximum Gasteiger partial charge on any atom is 0.251 e. The van der Waals surface area contributed by atoms with Crippen LogP contribution in [0.25, 0.3) is 0 Å². The van der Waals surface area contributed by atoms with Crippen LogP contribution >= 0.6 is 0 Å². The van der Waals surface area contributed by atoms with Crippen LogP contribution in [-0.4, -0.2) is 49.3 Å². The lowest BCUT2D eigenvalue weighted by Gasteiger charge is -2.20. The van der Waals surface area contributed by atoms with Gasteiger partial charge in [0.2, 0.25) is 0 Å². The molecule has 2 heterocycles. The third-order valence-corrected chi connectivity index (χ3v) is 3.93. The Morgan fingerprint density at radius 3 is 2.88 bits per heavy atom. The van der Waals surface area contributed by atoms with E-state index in [2.05, 4.69) is 0 Å². The maximum atomic E-state index is 12.1. The van der Waals surface area contributed by atoms with Crippen LogP contribution in [0.15, 0.2) is 0 Å². The van der Waals surface area contributed by atoms with Gasteiger partial charge in [-0.2, -0.15) is 0 Å². The molecule has 3 fully saturated rings. The molecule has 4 heteroatoms. The molecule has 2 atom stereocenters. The van der Waals surface area contributed by atoms with Crippen LogP contribution in [0.5, 0.6) is 0 Å². The first-order chi connectivity index (χ1) is 8.33. The maximum absolute atomic E-state index is 12.1. The van der Waals surface area contributed by atoms with Gasteiger partial charge in [0.25, 0.3) is 5.91 Å². The van der Waals surface area contributed by atoms with E-state index >= 15 is 0 Å². The van der Waals surface area contributed by atoms with Gasteiger partial charge in [-0.3, -0.25) is 4.79 Å². The minimum Gasteiger partial charge on any atom is -0.376 e. The van der Waals surface area contributed by atoms with E-state index < -0.39 is 0 Å². The molecule has 0 spiro atoms. The largest absolute Gasteiger partial charge is 0.376 e. The van der Waals surface area contributed by atoms with E-state index in [0.717, 1.165) is 51.5 Å². The van der Waals surface area contributed by atoms with E-state index in [9.17, 15) is 4.79 Å². The van der Waals surface area contributed by atoms with E-state index in [-0.39, 0.29) is 18.1 Å². The molecular weight excluding hydrogens is 218 g/mol. The molecule has 3 aliphatic rings. The van der Waals surface area contributed by atoms with Crippen LogP contribution in [0.3, 0.4) is 0 Å². The van der Waals surface area contributed by atoms with Gasteiger partial charge in [-0.15, -0.1) is 0 Å². The summed E-state index contributed by atoms with van der Waals surface area (Å²) < 4.78 is 11.3. The monoisotopic (exact) mass is 239 g/mol. The van der Waals surface area contributed by atoms with Crippen LogP contribution in [0, 0.1) is 5.92 Å². The Balaban J connectivity index is 1.43. The molecule has 0 aromatic carbocycles. The SMILES string of the molecule is O=C([C@@H]1CCCO1)N1CC[C@@H](OCC2CC2)C1. The molecule has 0 radical (unpaired) electrons. The number of nitrogens with zero attached hydrogens (tertiary/aromatic N) is 1. The standard InChI is InChI=1S/C13H21NO3/c15-13(12-2-1-7-16-12)14-6-5-11(8-14)17-9-10-3-4-10/h10-12H,1-9H2/t11-,12+/m1/s1. The highest BCUT2D eigenvalue weighted by atomic mass is 16.5. The van der Waals surface area contributed by atoms with Crippen molar-refractivity contribution < 1.29 is 14.3 Å². The molecule has 17 heavy (non-hydrogen) atoms. The quantitative estimate of drug-likeness (QED) is 0.740. The highest BCUT2D eigenvalue weighted by molar-refractivity contribution is 5.81. The first kappa shape index (κ1) is 11.5. The van der Waals surface area contributed by atoms with Crippen molar-refractivity contribution in [3.63, 3.8) is 0 Å². The predicted octanol–water partition coefficient (Wildman–Crippen LogP) is 1.19. The summed E-state index contributed by atoms with van der Waals surface area (Å²) in [6, 6.07) is 0. The Morgan fingerprint density at radius 1 is 1.29 bits per heavy atom. The zero-order valence-corrected chi connectivity index (χ0v) is 10.3. The van der Waals surface area contributed by atoms with Gasteiger partial charge < -0.3 is 14.4 Å². The van der Waals surface area contributed by atoms with Crippen LogP contribution in [0.2, 0.25) is 0 Å². The van der Waals surface area contributed by atoms with Crippen LogP contribution in [-0.2, 0) is 14.3 Å². The second kappa shape index (κ2) is 4.94. The van der Waals surface area contributed by atoms with Crippen molar-refractivity contribution >= 4 is 5.91 Å². The van der Waals surface area contributed by atoms with Crippen molar-refractivity contribution in [2.45, 2.75) is 44.3 Å². The van der Waals surface area contributed by atoms with Gasteiger partial charge in [0.05, 0.1) is 6.10 Å². The van der Waals surface area contributed by atoms with Gasteiger partial charge >= 0.3 is 0 Å². The molecule has 1 saturated carbocycles. The fraction of sp³-hybridized carbons (Fsp3) is 0.923. The molecule has 3 rings (SSSR count). The van der Waals surface area contributed by atoms with Gasteiger partial charge in [-0.25, -0.2) is 0 Å². The minimum atomic E-state index is -0.169. The third kappa shape index (κ3) is 2.80. The van der Waals surface area contributed by atoms with Crippen LogP contribution < -0.4 is 0 Å². The number of hydrogen-bond acceptors (Lipinski definition) is 3. The number of carbonyl (C=O) groups is 1. The molecule has 1 aliphatic carbocycles. The Labute approximate surface area is 102 Å². The first-order valence-electron chi connectivity index (χ1n) is 6.85. The minimum absolute atomic E-state index is 0.169. The Morgan fingerprint density at radius 2 is 2.18 bits per heavy atom. The molecule has 96 valence electrons. The molecule has 0 N–H and O–H groups in total. The molecule has 0 bridgehead atoms. The fourth-order valence-corrected chi connectivity index (χ4v) is 2.60. The summed E-state index contributed by atoms with van der Waals surface area (Å²) in [4.78, 5) is 14.0. The summed E-state index contributed by atoms with van der Waals surface area (Å²) in [7, 11) is 0. The van der Waals surface area contributed by atoms with Crippen molar-refractivity contribution in [3.05, 3.63) is 0 Å². The van der Waals surface area contributed by atoms with Gasteiger partial charge in [-0.1, -0.05) is 0 Å². The second-order valence-electron chi connectivity index (χ2n) is 5.47. The lowest BCUT2D eigenvalue weighted by Crippen LogP contribution is -2.38. The van der Waals surface area contributed by atoms with E-state index in [0.29, 0.717) is 0 Å². The topological polar surface area (TPSA) is 38.8 Å². The summed E-state index contributed by atoms with van der Waals surface area (Å²) in [5.41, 5.74) is 0. The van der Waals surface area contributed by atoms with Crippen molar-refractivity contribution in [2.24, 2.45) is 5.92 Å². The smallest absolute Gasteiger partial charge is 0.251 e. The number of likely N-dealkylation sites (tertiary alicyclic amines) is 1. The summed E-state index contributed by atoms with van der Waals surface area (Å²) in [5, 5.41) is 0. The van der Waals surface area contributed by atoms with E-state index in [1.165, 1.54) is 12.8 Å². The van der Waals surface area contributed by atoms with Gasteiger partial charge in [0.1, 0.15) is 6.10 Å². The Kier molecular flexibility index (Phi) is 3.34. The Hall–Kier alpha value is -0.610. The average molecular weight is 239 g/mol. The summed E-state index contributed by atoms with van der Waals surface area (Å²) >= 11 is 0. The van der Waals surface area contributed by atoms with Gasteiger partial charge in [-0.05, 0) is 38.0 Å². The van der Waals surface area contributed by atoms with E-state index in [1.807, 2.05) is 4.90 Å². The molecule has 2 saturated heterocycles. The first-order valence-corrected chi connectivity index (χ1v) is 6.85. The van der Waals surface area contributed by atoms with Crippen molar-refractivity contribution in [1.82, 2.24) is 4.90 Å². The van der Waals surface area contributed by atoms with Crippen LogP contribution in [0.4, 0.5) is 0 Å². The van der Waals surface area contributed by atoms with Gasteiger partial charge in [0.15, 0.2) is 0 Å². The van der Waals surface area contributed by atoms with Crippen molar-refractivity contribution in [3.8, 4) is 0 Å². The number of ether oxygens (including phenoxy) is 2.